The number of hydrogen-bond donors (Lipinski definition) is 0. The SMILES string of the molecule is COc1cc(C=C2SC(=S)N(c3ccccc3C)C2=O)c(Br)cc1OCc1ccc([N+](=O)[O-])cc1. The average molecular weight is 571 g/mol. The number of rotatable bonds is 7. The minimum absolute atomic E-state index is 0.0197. The van der Waals surface area contributed by atoms with Crippen molar-refractivity contribution in [2.24, 2.45) is 0 Å². The van der Waals surface area contributed by atoms with Crippen LogP contribution < -0.4 is 14.4 Å². The first-order valence-corrected chi connectivity index (χ1v) is 12.4. The van der Waals surface area contributed by atoms with E-state index in [-0.39, 0.29) is 18.2 Å². The van der Waals surface area contributed by atoms with Gasteiger partial charge in [0.2, 0.25) is 0 Å². The monoisotopic (exact) mass is 570 g/mol. The quantitative estimate of drug-likeness (QED) is 0.136. The number of anilines is 1. The lowest BCUT2D eigenvalue weighted by Gasteiger charge is -2.16. The maximum atomic E-state index is 13.2. The number of methoxy groups -OCH3 is 1. The highest BCUT2D eigenvalue weighted by molar-refractivity contribution is 9.10. The third-order valence-corrected chi connectivity index (χ3v) is 7.25. The maximum absolute atomic E-state index is 13.2. The molecule has 35 heavy (non-hydrogen) atoms. The van der Waals surface area contributed by atoms with Gasteiger partial charge in [-0.3, -0.25) is 19.8 Å². The standard InChI is InChI=1S/C25H19BrN2O5S2/c1-15-5-3-4-6-20(15)27-24(29)23(35-25(27)34)12-17-11-21(32-2)22(13-19(17)26)33-14-16-7-9-18(10-8-16)28(30)31/h3-13H,14H2,1-2H3. The van der Waals surface area contributed by atoms with Crippen LogP contribution in [-0.4, -0.2) is 22.3 Å². The fourth-order valence-corrected chi connectivity index (χ4v) is 5.15. The van der Waals surface area contributed by atoms with E-state index < -0.39 is 4.92 Å². The van der Waals surface area contributed by atoms with Crippen molar-refractivity contribution in [3.8, 4) is 11.5 Å². The average Bonchev–Trinajstić information content (AvgIpc) is 3.12. The van der Waals surface area contributed by atoms with E-state index in [9.17, 15) is 14.9 Å². The Kier molecular flexibility index (Phi) is 7.54. The van der Waals surface area contributed by atoms with Gasteiger partial charge in [-0.05, 0) is 60.0 Å². The van der Waals surface area contributed by atoms with Crippen molar-refractivity contribution in [2.45, 2.75) is 13.5 Å². The van der Waals surface area contributed by atoms with E-state index in [2.05, 4.69) is 15.9 Å². The number of halogens is 1. The van der Waals surface area contributed by atoms with Gasteiger partial charge in [0.25, 0.3) is 11.6 Å². The number of amides is 1. The minimum Gasteiger partial charge on any atom is -0.493 e. The normalized spacial score (nSPS) is 14.5. The van der Waals surface area contributed by atoms with Gasteiger partial charge in [-0.2, -0.15) is 0 Å². The molecule has 1 amide bonds. The van der Waals surface area contributed by atoms with Crippen LogP contribution in [0.4, 0.5) is 11.4 Å². The van der Waals surface area contributed by atoms with E-state index in [1.54, 1.807) is 35.2 Å². The summed E-state index contributed by atoms with van der Waals surface area (Å²) in [6.45, 7) is 2.14. The lowest BCUT2D eigenvalue weighted by atomic mass is 10.1. The number of hydrogen-bond acceptors (Lipinski definition) is 7. The lowest BCUT2D eigenvalue weighted by Crippen LogP contribution is -2.28. The van der Waals surface area contributed by atoms with E-state index >= 15 is 0 Å². The van der Waals surface area contributed by atoms with Crippen molar-refractivity contribution in [1.82, 2.24) is 0 Å². The lowest BCUT2D eigenvalue weighted by molar-refractivity contribution is -0.384. The van der Waals surface area contributed by atoms with Crippen molar-refractivity contribution >= 4 is 67.6 Å². The Morgan fingerprint density at radius 2 is 1.86 bits per heavy atom. The number of nitrogens with zero attached hydrogens (tertiary/aromatic N) is 2. The summed E-state index contributed by atoms with van der Waals surface area (Å²) in [5, 5.41) is 10.8. The zero-order valence-electron chi connectivity index (χ0n) is 18.7. The third-order valence-electron chi connectivity index (χ3n) is 5.26. The molecule has 0 aliphatic carbocycles. The maximum Gasteiger partial charge on any atom is 0.270 e. The molecule has 178 valence electrons. The molecule has 0 bridgehead atoms. The van der Waals surface area contributed by atoms with Crippen molar-refractivity contribution in [2.75, 3.05) is 12.0 Å². The number of nitro benzene ring substituents is 1. The Hall–Kier alpha value is -3.21. The first-order chi connectivity index (χ1) is 16.8. The number of non-ortho nitro benzene ring substituents is 1. The van der Waals surface area contributed by atoms with Gasteiger partial charge in [0.15, 0.2) is 15.8 Å². The van der Waals surface area contributed by atoms with Gasteiger partial charge in [0.05, 0.1) is 22.6 Å². The van der Waals surface area contributed by atoms with Crippen LogP contribution in [0, 0.1) is 17.0 Å². The molecule has 4 rings (SSSR count). The Balaban J connectivity index is 1.56. The predicted octanol–water partition coefficient (Wildman–Crippen LogP) is 6.66. The summed E-state index contributed by atoms with van der Waals surface area (Å²) >= 11 is 10.3. The predicted molar refractivity (Wildman–Crippen MR) is 145 cm³/mol. The number of thioether (sulfide) groups is 1. The number of carbonyl (C=O) groups excluding carboxylic acids is 1. The topological polar surface area (TPSA) is 81.9 Å². The molecule has 0 spiro atoms. The molecule has 3 aromatic carbocycles. The number of benzene rings is 3. The fourth-order valence-electron chi connectivity index (χ4n) is 3.44. The number of aryl methyl sites for hydroxylation is 1. The van der Waals surface area contributed by atoms with E-state index in [1.165, 1.54) is 31.0 Å². The largest absolute Gasteiger partial charge is 0.493 e. The molecule has 0 N–H and O–H groups in total. The van der Waals surface area contributed by atoms with Crippen LogP contribution in [0.25, 0.3) is 6.08 Å². The van der Waals surface area contributed by atoms with Crippen LogP contribution in [0.3, 0.4) is 0 Å². The molecule has 3 aromatic rings. The van der Waals surface area contributed by atoms with Crippen molar-refractivity contribution in [3.05, 3.63) is 96.8 Å². The molecular formula is C25H19BrN2O5S2. The number of carbonyl (C=O) groups is 1. The second kappa shape index (κ2) is 10.6. The molecule has 0 radical (unpaired) electrons. The molecule has 7 nitrogen and oxygen atoms in total. The summed E-state index contributed by atoms with van der Waals surface area (Å²) in [5.74, 6) is 0.789. The fraction of sp³-hybridized carbons (Fsp3) is 0.120. The minimum atomic E-state index is -0.446. The first kappa shape index (κ1) is 24.9. The van der Waals surface area contributed by atoms with E-state index in [4.69, 9.17) is 21.7 Å². The summed E-state index contributed by atoms with van der Waals surface area (Å²) < 4.78 is 12.6. The molecule has 1 aliphatic rings. The second-order valence-corrected chi connectivity index (χ2v) is 10.1. The molecule has 10 heteroatoms. The number of para-hydroxylation sites is 1. The Morgan fingerprint density at radius 1 is 1.14 bits per heavy atom. The van der Waals surface area contributed by atoms with Crippen molar-refractivity contribution in [3.63, 3.8) is 0 Å². The zero-order valence-corrected chi connectivity index (χ0v) is 21.9. The van der Waals surface area contributed by atoms with Crippen LogP contribution in [0.1, 0.15) is 16.7 Å². The molecule has 1 saturated heterocycles. The van der Waals surface area contributed by atoms with Crippen molar-refractivity contribution in [1.29, 1.82) is 0 Å². The number of thiocarbonyl (C=S) groups is 1. The number of ether oxygens (including phenoxy) is 2. The first-order valence-electron chi connectivity index (χ1n) is 10.4. The van der Waals surface area contributed by atoms with Gasteiger partial charge in [0, 0.05) is 16.6 Å². The zero-order chi connectivity index (χ0) is 25.1. The molecule has 0 atom stereocenters. The molecular weight excluding hydrogens is 552 g/mol. The van der Waals surface area contributed by atoms with Gasteiger partial charge in [-0.25, -0.2) is 0 Å². The van der Waals surface area contributed by atoms with E-state index in [0.29, 0.717) is 25.2 Å². The molecule has 1 heterocycles. The number of nitro groups is 1. The van der Waals surface area contributed by atoms with E-state index in [0.717, 1.165) is 22.4 Å². The van der Waals surface area contributed by atoms with Gasteiger partial charge in [-0.1, -0.05) is 58.1 Å². The molecule has 0 unspecified atom stereocenters. The van der Waals surface area contributed by atoms with Gasteiger partial charge < -0.3 is 9.47 Å². The summed E-state index contributed by atoms with van der Waals surface area (Å²) in [4.78, 5) is 25.6. The van der Waals surface area contributed by atoms with Crippen LogP contribution in [-0.2, 0) is 11.4 Å². The van der Waals surface area contributed by atoms with Gasteiger partial charge in [0.1, 0.15) is 6.61 Å². The van der Waals surface area contributed by atoms with Crippen molar-refractivity contribution < 1.29 is 19.2 Å². The van der Waals surface area contributed by atoms with E-state index in [1.807, 2.05) is 31.2 Å². The van der Waals surface area contributed by atoms with Crippen LogP contribution in [0.2, 0.25) is 0 Å². The molecule has 0 saturated carbocycles. The Labute approximate surface area is 220 Å². The highest BCUT2D eigenvalue weighted by Gasteiger charge is 2.34. The van der Waals surface area contributed by atoms with Crippen LogP contribution >= 0.6 is 39.9 Å². The summed E-state index contributed by atoms with van der Waals surface area (Å²) in [6.07, 6.45) is 1.77. The third kappa shape index (κ3) is 5.39. The molecule has 1 fully saturated rings. The van der Waals surface area contributed by atoms with Crippen LogP contribution in [0.15, 0.2) is 70.0 Å². The Morgan fingerprint density at radius 3 is 2.51 bits per heavy atom. The smallest absolute Gasteiger partial charge is 0.270 e. The molecule has 1 aliphatic heterocycles. The van der Waals surface area contributed by atoms with Gasteiger partial charge >= 0.3 is 0 Å². The summed E-state index contributed by atoms with van der Waals surface area (Å²) in [7, 11) is 1.53. The second-order valence-electron chi connectivity index (χ2n) is 7.54. The van der Waals surface area contributed by atoms with Gasteiger partial charge in [-0.15, -0.1) is 0 Å². The summed E-state index contributed by atoms with van der Waals surface area (Å²) in [6, 6.07) is 17.3. The highest BCUT2D eigenvalue weighted by Crippen LogP contribution is 2.40. The highest BCUT2D eigenvalue weighted by atomic mass is 79.9. The molecule has 0 aromatic heterocycles. The van der Waals surface area contributed by atoms with Crippen LogP contribution in [0.5, 0.6) is 11.5 Å². The Bertz CT molecular complexity index is 1360. The summed E-state index contributed by atoms with van der Waals surface area (Å²) in [5.41, 5.74) is 3.26.